The van der Waals surface area contributed by atoms with Crippen LogP contribution in [0.5, 0.6) is 11.5 Å². The molecule has 6 heteroatoms. The Hall–Kier alpha value is -2.86. The quantitative estimate of drug-likeness (QED) is 0.675. The molecule has 4 rings (SSSR count). The van der Waals surface area contributed by atoms with Gasteiger partial charge in [0.05, 0.1) is 11.3 Å². The minimum atomic E-state index is -0.414. The molecule has 1 aliphatic heterocycles. The fourth-order valence-corrected chi connectivity index (χ4v) is 3.14. The van der Waals surface area contributed by atoms with Crippen LogP contribution in [0.25, 0.3) is 10.6 Å². The van der Waals surface area contributed by atoms with E-state index in [1.165, 1.54) is 11.3 Å². The Labute approximate surface area is 142 Å². The molecule has 5 nitrogen and oxygen atoms in total. The van der Waals surface area contributed by atoms with Gasteiger partial charge in [0, 0.05) is 10.9 Å². The fourth-order valence-electron chi connectivity index (χ4n) is 2.33. The largest absolute Gasteiger partial charge is 0.456 e. The topological polar surface area (TPSA) is 57.7 Å². The van der Waals surface area contributed by atoms with Gasteiger partial charge in [0.25, 0.3) is 0 Å². The van der Waals surface area contributed by atoms with Crippen LogP contribution in [0.4, 0.5) is 0 Å². The molecule has 0 aliphatic carbocycles. The van der Waals surface area contributed by atoms with Crippen LogP contribution in [0.3, 0.4) is 0 Å². The number of nitrogens with zero attached hydrogens (tertiary/aromatic N) is 1. The highest BCUT2D eigenvalue weighted by Crippen LogP contribution is 2.32. The zero-order valence-corrected chi connectivity index (χ0v) is 13.4. The van der Waals surface area contributed by atoms with Gasteiger partial charge in [-0.15, -0.1) is 11.3 Å². The molecule has 2 heterocycles. The van der Waals surface area contributed by atoms with Crippen LogP contribution in [-0.2, 0) is 11.3 Å². The van der Waals surface area contributed by atoms with Crippen LogP contribution in [0.2, 0.25) is 0 Å². The molecule has 0 saturated carbocycles. The summed E-state index contributed by atoms with van der Waals surface area (Å²) in [6.07, 6.45) is 0. The first-order valence-corrected chi connectivity index (χ1v) is 8.24. The second-order valence-electron chi connectivity index (χ2n) is 5.15. The zero-order chi connectivity index (χ0) is 16.4. The third-order valence-corrected chi connectivity index (χ3v) is 4.47. The Morgan fingerprint density at radius 2 is 1.96 bits per heavy atom. The number of aromatic nitrogens is 1. The lowest BCUT2D eigenvalue weighted by Gasteiger charge is -2.04. The Balaban J connectivity index is 1.42. The van der Waals surface area contributed by atoms with Crippen molar-refractivity contribution < 1.29 is 19.0 Å². The minimum absolute atomic E-state index is 0.136. The first-order valence-electron chi connectivity index (χ1n) is 7.36. The van der Waals surface area contributed by atoms with Crippen LogP contribution >= 0.6 is 11.3 Å². The SMILES string of the molecule is O=C(OCc1csc(-c2ccccc2)n1)c1ccc2c(c1)OCO2. The van der Waals surface area contributed by atoms with Crippen molar-refractivity contribution >= 4 is 17.3 Å². The smallest absolute Gasteiger partial charge is 0.338 e. The number of carbonyl (C=O) groups excluding carboxylic acids is 1. The van der Waals surface area contributed by atoms with E-state index >= 15 is 0 Å². The second-order valence-corrected chi connectivity index (χ2v) is 6.01. The number of rotatable bonds is 4. The van der Waals surface area contributed by atoms with Crippen molar-refractivity contribution in [3.05, 3.63) is 65.2 Å². The maximum Gasteiger partial charge on any atom is 0.338 e. The molecule has 0 amide bonds. The number of hydrogen-bond donors (Lipinski definition) is 0. The van der Waals surface area contributed by atoms with Gasteiger partial charge in [-0.25, -0.2) is 9.78 Å². The van der Waals surface area contributed by atoms with Gasteiger partial charge in [0.15, 0.2) is 11.5 Å². The number of fused-ring (bicyclic) bond motifs is 1. The summed E-state index contributed by atoms with van der Waals surface area (Å²) in [7, 11) is 0. The highest BCUT2D eigenvalue weighted by molar-refractivity contribution is 7.13. The Morgan fingerprint density at radius 3 is 2.83 bits per heavy atom. The van der Waals surface area contributed by atoms with Gasteiger partial charge < -0.3 is 14.2 Å². The Kier molecular flexibility index (Phi) is 3.88. The monoisotopic (exact) mass is 339 g/mol. The van der Waals surface area contributed by atoms with Crippen molar-refractivity contribution in [1.82, 2.24) is 4.98 Å². The van der Waals surface area contributed by atoms with E-state index < -0.39 is 5.97 Å². The predicted molar refractivity (Wildman–Crippen MR) is 89.2 cm³/mol. The van der Waals surface area contributed by atoms with Gasteiger partial charge >= 0.3 is 5.97 Å². The number of benzene rings is 2. The summed E-state index contributed by atoms with van der Waals surface area (Å²) in [5.41, 5.74) is 2.21. The molecule has 0 unspecified atom stereocenters. The predicted octanol–water partition coefficient (Wildman–Crippen LogP) is 3.90. The molecule has 0 atom stereocenters. The van der Waals surface area contributed by atoms with Crippen LogP contribution in [0, 0.1) is 0 Å². The lowest BCUT2D eigenvalue weighted by atomic mass is 10.2. The molecular formula is C18H13NO4S. The minimum Gasteiger partial charge on any atom is -0.456 e. The number of ether oxygens (including phenoxy) is 3. The summed E-state index contributed by atoms with van der Waals surface area (Å²) in [6.45, 7) is 0.311. The summed E-state index contributed by atoms with van der Waals surface area (Å²) in [4.78, 5) is 16.7. The van der Waals surface area contributed by atoms with E-state index in [0.717, 1.165) is 16.3 Å². The van der Waals surface area contributed by atoms with Gasteiger partial charge in [-0.1, -0.05) is 30.3 Å². The van der Waals surface area contributed by atoms with E-state index in [2.05, 4.69) is 4.98 Å². The van der Waals surface area contributed by atoms with Crippen molar-refractivity contribution in [2.75, 3.05) is 6.79 Å². The molecular weight excluding hydrogens is 326 g/mol. The first-order chi connectivity index (χ1) is 11.8. The summed E-state index contributed by atoms with van der Waals surface area (Å²) < 4.78 is 15.8. The molecule has 0 bridgehead atoms. The molecule has 0 radical (unpaired) electrons. The maximum atomic E-state index is 12.2. The number of thiazole rings is 1. The molecule has 2 aromatic carbocycles. The van der Waals surface area contributed by atoms with Crippen molar-refractivity contribution in [3.8, 4) is 22.1 Å². The molecule has 1 aromatic heterocycles. The standard InChI is InChI=1S/C18H13NO4S/c20-18(13-6-7-15-16(8-13)23-11-22-15)21-9-14-10-24-17(19-14)12-4-2-1-3-5-12/h1-8,10H,9,11H2. The average Bonchev–Trinajstić information content (AvgIpc) is 3.29. The van der Waals surface area contributed by atoms with Crippen molar-refractivity contribution in [2.45, 2.75) is 6.61 Å². The van der Waals surface area contributed by atoms with Crippen LogP contribution in [0.1, 0.15) is 16.1 Å². The molecule has 24 heavy (non-hydrogen) atoms. The molecule has 1 aliphatic rings. The third-order valence-electron chi connectivity index (χ3n) is 3.53. The van der Waals surface area contributed by atoms with E-state index in [4.69, 9.17) is 14.2 Å². The molecule has 120 valence electrons. The van der Waals surface area contributed by atoms with Crippen molar-refractivity contribution in [2.24, 2.45) is 0 Å². The Bertz CT molecular complexity index is 876. The third kappa shape index (κ3) is 2.96. The lowest BCUT2D eigenvalue weighted by Crippen LogP contribution is -2.05. The number of carbonyl (C=O) groups is 1. The van der Waals surface area contributed by atoms with Gasteiger partial charge in [0.1, 0.15) is 11.6 Å². The summed E-state index contributed by atoms with van der Waals surface area (Å²) in [5, 5.41) is 2.81. The summed E-state index contributed by atoms with van der Waals surface area (Å²) in [6, 6.07) is 14.9. The first kappa shape index (κ1) is 14.7. The van der Waals surface area contributed by atoms with Crippen LogP contribution in [0.15, 0.2) is 53.9 Å². The number of esters is 1. The maximum absolute atomic E-state index is 12.2. The van der Waals surface area contributed by atoms with E-state index in [-0.39, 0.29) is 13.4 Å². The van der Waals surface area contributed by atoms with Crippen LogP contribution in [-0.4, -0.2) is 17.7 Å². The highest BCUT2D eigenvalue weighted by Gasteiger charge is 2.17. The van der Waals surface area contributed by atoms with E-state index in [1.54, 1.807) is 18.2 Å². The van der Waals surface area contributed by atoms with E-state index in [0.29, 0.717) is 17.1 Å². The lowest BCUT2D eigenvalue weighted by molar-refractivity contribution is 0.0468. The van der Waals surface area contributed by atoms with Crippen LogP contribution < -0.4 is 9.47 Å². The molecule has 0 spiro atoms. The zero-order valence-electron chi connectivity index (χ0n) is 12.6. The van der Waals surface area contributed by atoms with Gasteiger partial charge in [-0.2, -0.15) is 0 Å². The Morgan fingerprint density at radius 1 is 1.12 bits per heavy atom. The van der Waals surface area contributed by atoms with Gasteiger partial charge in [-0.3, -0.25) is 0 Å². The molecule has 0 fully saturated rings. The fraction of sp³-hybridized carbons (Fsp3) is 0.111. The second kappa shape index (κ2) is 6.33. The average molecular weight is 339 g/mol. The summed E-state index contributed by atoms with van der Waals surface area (Å²) >= 11 is 1.53. The molecule has 3 aromatic rings. The van der Waals surface area contributed by atoms with Gasteiger partial charge in [0.2, 0.25) is 6.79 Å². The van der Waals surface area contributed by atoms with Crippen molar-refractivity contribution in [1.29, 1.82) is 0 Å². The van der Waals surface area contributed by atoms with E-state index in [1.807, 2.05) is 35.7 Å². The normalized spacial score (nSPS) is 12.2. The van der Waals surface area contributed by atoms with Gasteiger partial charge in [-0.05, 0) is 18.2 Å². The van der Waals surface area contributed by atoms with Crippen molar-refractivity contribution in [3.63, 3.8) is 0 Å². The summed E-state index contributed by atoms with van der Waals surface area (Å²) in [5.74, 6) is 0.783. The molecule has 0 N–H and O–H groups in total. The molecule has 0 saturated heterocycles. The number of hydrogen-bond acceptors (Lipinski definition) is 6. The van der Waals surface area contributed by atoms with E-state index in [9.17, 15) is 4.79 Å². The highest BCUT2D eigenvalue weighted by atomic mass is 32.1.